The van der Waals surface area contributed by atoms with Gasteiger partial charge >= 0.3 is 5.97 Å². The first kappa shape index (κ1) is 15.5. The number of carboxylic acid groups (broad SMARTS) is 1. The highest BCUT2D eigenvalue weighted by molar-refractivity contribution is 5.77. The third kappa shape index (κ3) is 9.43. The lowest BCUT2D eigenvalue weighted by Crippen LogP contribution is -2.38. The minimum atomic E-state index is -0.906. The summed E-state index contributed by atoms with van der Waals surface area (Å²) in [6.07, 6.45) is 6.26. The molecular formula is C13H21NO3. The minimum Gasteiger partial charge on any atom is -0.481 e. The molecular weight excluding hydrogens is 218 g/mol. The molecule has 0 fully saturated rings. The maximum absolute atomic E-state index is 11.5. The van der Waals surface area contributed by atoms with Gasteiger partial charge in [-0.15, -0.1) is 12.3 Å². The third-order valence-electron chi connectivity index (χ3n) is 2.14. The van der Waals surface area contributed by atoms with Gasteiger partial charge in [0.05, 0.1) is 6.42 Å². The van der Waals surface area contributed by atoms with Gasteiger partial charge in [0.2, 0.25) is 5.91 Å². The van der Waals surface area contributed by atoms with Crippen molar-refractivity contribution in [1.82, 2.24) is 5.32 Å². The Kier molecular flexibility index (Phi) is 6.34. The molecule has 1 amide bonds. The van der Waals surface area contributed by atoms with Crippen molar-refractivity contribution in [2.24, 2.45) is 5.41 Å². The van der Waals surface area contributed by atoms with Crippen LogP contribution in [-0.2, 0) is 9.59 Å². The van der Waals surface area contributed by atoms with Crippen LogP contribution in [0.2, 0.25) is 0 Å². The van der Waals surface area contributed by atoms with Gasteiger partial charge in [-0.05, 0) is 11.8 Å². The summed E-state index contributed by atoms with van der Waals surface area (Å²) >= 11 is 0. The van der Waals surface area contributed by atoms with Crippen molar-refractivity contribution in [2.45, 2.75) is 52.5 Å². The fraction of sp³-hybridized carbons (Fsp3) is 0.692. The van der Waals surface area contributed by atoms with Crippen molar-refractivity contribution in [3.05, 3.63) is 0 Å². The second-order valence-corrected chi connectivity index (χ2v) is 5.33. The van der Waals surface area contributed by atoms with Crippen LogP contribution in [-0.4, -0.2) is 23.0 Å². The van der Waals surface area contributed by atoms with E-state index in [1.165, 1.54) is 0 Å². The van der Waals surface area contributed by atoms with E-state index in [2.05, 4.69) is 11.2 Å². The lowest BCUT2D eigenvalue weighted by molar-refractivity contribution is -0.137. The van der Waals surface area contributed by atoms with Gasteiger partial charge in [0, 0.05) is 18.9 Å². The lowest BCUT2D eigenvalue weighted by atomic mass is 9.87. The number of carbonyl (C=O) groups is 2. The first-order chi connectivity index (χ1) is 7.74. The largest absolute Gasteiger partial charge is 0.481 e. The van der Waals surface area contributed by atoms with Gasteiger partial charge in [-0.25, -0.2) is 0 Å². The van der Waals surface area contributed by atoms with Gasteiger partial charge in [-0.2, -0.15) is 0 Å². The van der Waals surface area contributed by atoms with Gasteiger partial charge < -0.3 is 10.4 Å². The summed E-state index contributed by atoms with van der Waals surface area (Å²) in [5, 5.41) is 11.5. The molecule has 96 valence electrons. The Balaban J connectivity index is 4.34. The van der Waals surface area contributed by atoms with E-state index in [9.17, 15) is 9.59 Å². The maximum atomic E-state index is 11.5. The van der Waals surface area contributed by atoms with Crippen LogP contribution in [0.4, 0.5) is 0 Å². The van der Waals surface area contributed by atoms with Crippen LogP contribution in [0.25, 0.3) is 0 Å². The molecule has 0 bridgehead atoms. The molecule has 4 nitrogen and oxygen atoms in total. The van der Waals surface area contributed by atoms with E-state index in [1.54, 1.807) is 0 Å². The van der Waals surface area contributed by atoms with Gasteiger partial charge in [0.25, 0.3) is 0 Å². The highest BCUT2D eigenvalue weighted by atomic mass is 16.4. The highest BCUT2D eigenvalue weighted by Crippen LogP contribution is 2.22. The van der Waals surface area contributed by atoms with Crippen LogP contribution in [0.1, 0.15) is 46.5 Å². The van der Waals surface area contributed by atoms with Crippen molar-refractivity contribution >= 4 is 11.9 Å². The molecule has 17 heavy (non-hydrogen) atoms. The Morgan fingerprint density at radius 2 is 2.00 bits per heavy atom. The van der Waals surface area contributed by atoms with Gasteiger partial charge in [-0.1, -0.05) is 20.8 Å². The number of hydrogen-bond donors (Lipinski definition) is 2. The summed E-state index contributed by atoms with van der Waals surface area (Å²) in [4.78, 5) is 22.2. The molecule has 2 N–H and O–H groups in total. The van der Waals surface area contributed by atoms with Gasteiger partial charge in [0.1, 0.15) is 0 Å². The molecule has 0 aliphatic carbocycles. The number of terminal acetylenes is 1. The normalized spacial score (nSPS) is 12.6. The van der Waals surface area contributed by atoms with Crippen LogP contribution in [0.5, 0.6) is 0 Å². The molecule has 0 radical (unpaired) electrons. The fourth-order valence-electron chi connectivity index (χ4n) is 1.61. The molecule has 0 aliphatic heterocycles. The van der Waals surface area contributed by atoms with Crippen LogP contribution in [0.15, 0.2) is 0 Å². The monoisotopic (exact) mass is 239 g/mol. The topological polar surface area (TPSA) is 66.4 Å². The minimum absolute atomic E-state index is 0.0283. The van der Waals surface area contributed by atoms with Crippen LogP contribution in [0, 0.1) is 17.8 Å². The molecule has 1 atom stereocenters. The Hall–Kier alpha value is -1.50. The molecule has 1 unspecified atom stereocenters. The van der Waals surface area contributed by atoms with Crippen molar-refractivity contribution in [3.63, 3.8) is 0 Å². The summed E-state index contributed by atoms with van der Waals surface area (Å²) < 4.78 is 0. The van der Waals surface area contributed by atoms with E-state index >= 15 is 0 Å². The Bertz CT molecular complexity index is 310. The number of carboxylic acids is 1. The van der Waals surface area contributed by atoms with Crippen molar-refractivity contribution in [3.8, 4) is 12.3 Å². The molecule has 0 aromatic rings. The van der Waals surface area contributed by atoms with E-state index in [0.717, 1.165) is 0 Å². The van der Waals surface area contributed by atoms with Gasteiger partial charge in [0.15, 0.2) is 0 Å². The molecule has 0 aromatic carbocycles. The number of nitrogens with one attached hydrogen (secondary N) is 1. The van der Waals surface area contributed by atoms with Crippen molar-refractivity contribution in [2.75, 3.05) is 0 Å². The van der Waals surface area contributed by atoms with E-state index in [1.807, 2.05) is 20.8 Å². The number of hydrogen-bond acceptors (Lipinski definition) is 2. The Labute approximate surface area is 103 Å². The lowest BCUT2D eigenvalue weighted by Gasteiger charge is -2.25. The highest BCUT2D eigenvalue weighted by Gasteiger charge is 2.22. The average Bonchev–Trinajstić information content (AvgIpc) is 2.10. The molecule has 0 heterocycles. The molecule has 4 heteroatoms. The first-order valence-corrected chi connectivity index (χ1v) is 5.69. The van der Waals surface area contributed by atoms with Crippen LogP contribution < -0.4 is 5.32 Å². The zero-order valence-electron chi connectivity index (χ0n) is 10.7. The third-order valence-corrected chi connectivity index (χ3v) is 2.14. The molecule has 0 aromatic heterocycles. The summed E-state index contributed by atoms with van der Waals surface area (Å²) in [5.41, 5.74) is -0.0283. The summed E-state index contributed by atoms with van der Waals surface area (Å²) in [6, 6.07) is -0.335. The fourth-order valence-corrected chi connectivity index (χ4v) is 1.61. The predicted octanol–water partition coefficient (Wildman–Crippen LogP) is 1.80. The Morgan fingerprint density at radius 3 is 2.41 bits per heavy atom. The average molecular weight is 239 g/mol. The van der Waals surface area contributed by atoms with E-state index < -0.39 is 5.97 Å². The SMILES string of the molecule is C#CCCC(=O)NC(CC(=O)O)CC(C)(C)C. The predicted molar refractivity (Wildman–Crippen MR) is 66.3 cm³/mol. The second kappa shape index (κ2) is 6.95. The van der Waals surface area contributed by atoms with Crippen molar-refractivity contribution < 1.29 is 14.7 Å². The zero-order chi connectivity index (χ0) is 13.5. The van der Waals surface area contributed by atoms with E-state index in [4.69, 9.17) is 11.5 Å². The van der Waals surface area contributed by atoms with Crippen LogP contribution in [0.3, 0.4) is 0 Å². The summed E-state index contributed by atoms with van der Waals surface area (Å²) in [6.45, 7) is 6.03. The van der Waals surface area contributed by atoms with Crippen molar-refractivity contribution in [1.29, 1.82) is 0 Å². The van der Waals surface area contributed by atoms with E-state index in [-0.39, 0.29) is 30.2 Å². The molecule has 0 aliphatic rings. The number of amides is 1. The second-order valence-electron chi connectivity index (χ2n) is 5.33. The van der Waals surface area contributed by atoms with Crippen LogP contribution >= 0.6 is 0 Å². The molecule has 0 spiro atoms. The number of rotatable bonds is 6. The summed E-state index contributed by atoms with van der Waals surface area (Å²) in [5.74, 6) is 1.30. The smallest absolute Gasteiger partial charge is 0.305 e. The van der Waals surface area contributed by atoms with E-state index in [0.29, 0.717) is 12.8 Å². The molecule has 0 saturated carbocycles. The van der Waals surface area contributed by atoms with Gasteiger partial charge in [-0.3, -0.25) is 9.59 Å². The number of carbonyl (C=O) groups excluding carboxylic acids is 1. The maximum Gasteiger partial charge on any atom is 0.305 e. The Morgan fingerprint density at radius 1 is 1.41 bits per heavy atom. The summed E-state index contributed by atoms with van der Waals surface area (Å²) in [7, 11) is 0. The number of aliphatic carboxylic acids is 1. The zero-order valence-corrected chi connectivity index (χ0v) is 10.7. The first-order valence-electron chi connectivity index (χ1n) is 5.69. The molecule has 0 rings (SSSR count). The molecule has 0 saturated heterocycles. The standard InChI is InChI=1S/C13H21NO3/c1-5-6-7-11(15)14-10(8-12(16)17)9-13(2,3)4/h1,10H,6-9H2,2-4H3,(H,14,15)(H,16,17). The quantitative estimate of drug-likeness (QED) is 0.694.